The van der Waals surface area contributed by atoms with Crippen molar-refractivity contribution in [1.82, 2.24) is 9.88 Å². The largest absolute Gasteiger partial charge is 0.379 e. The van der Waals surface area contributed by atoms with E-state index in [1.54, 1.807) is 6.07 Å². The fourth-order valence-corrected chi connectivity index (χ4v) is 3.54. The maximum Gasteiger partial charge on any atom is 0.287 e. The minimum absolute atomic E-state index is 0.0631. The van der Waals surface area contributed by atoms with E-state index < -0.39 is 0 Å². The molecule has 3 rings (SSSR count). The first kappa shape index (κ1) is 16.1. The minimum atomic E-state index is -0.388. The number of piperidine rings is 1. The minimum Gasteiger partial charge on any atom is -0.379 e. The molecule has 1 unspecified atom stereocenters. The molecule has 0 N–H and O–H groups in total. The summed E-state index contributed by atoms with van der Waals surface area (Å²) < 4.78 is 5.41. The zero-order valence-electron chi connectivity index (χ0n) is 13.6. The Morgan fingerprint density at radius 1 is 1.39 bits per heavy atom. The van der Waals surface area contributed by atoms with Gasteiger partial charge in [0, 0.05) is 38.8 Å². The number of aromatic nitrogens is 1. The maximum absolute atomic E-state index is 10.9. The van der Waals surface area contributed by atoms with E-state index in [1.165, 1.54) is 12.6 Å². The van der Waals surface area contributed by atoms with E-state index in [2.05, 4.69) is 14.8 Å². The molecule has 23 heavy (non-hydrogen) atoms. The van der Waals surface area contributed by atoms with Crippen molar-refractivity contribution in [2.75, 3.05) is 50.8 Å². The molecular weight excluding hydrogens is 296 g/mol. The van der Waals surface area contributed by atoms with Gasteiger partial charge in [0.05, 0.1) is 18.1 Å². The van der Waals surface area contributed by atoms with Crippen LogP contribution in [0.15, 0.2) is 12.3 Å². The van der Waals surface area contributed by atoms with Crippen LogP contribution >= 0.6 is 0 Å². The predicted molar refractivity (Wildman–Crippen MR) is 87.8 cm³/mol. The molecule has 0 bridgehead atoms. The number of anilines is 1. The number of rotatable bonds is 4. The van der Waals surface area contributed by atoms with Gasteiger partial charge in [0.2, 0.25) is 0 Å². The van der Waals surface area contributed by atoms with Crippen LogP contribution in [-0.4, -0.2) is 60.7 Å². The van der Waals surface area contributed by atoms with Gasteiger partial charge in [-0.1, -0.05) is 0 Å². The fourth-order valence-electron chi connectivity index (χ4n) is 3.54. The lowest BCUT2D eigenvalue weighted by Crippen LogP contribution is -2.44. The van der Waals surface area contributed by atoms with Crippen LogP contribution in [0, 0.1) is 23.0 Å². The van der Waals surface area contributed by atoms with Crippen LogP contribution in [-0.2, 0) is 4.74 Å². The number of ether oxygens (including phenoxy) is 1. The summed E-state index contributed by atoms with van der Waals surface area (Å²) in [6.45, 7) is 8.66. The van der Waals surface area contributed by atoms with E-state index in [0.717, 1.165) is 63.7 Å². The van der Waals surface area contributed by atoms with Crippen LogP contribution in [0.2, 0.25) is 0 Å². The molecule has 1 aromatic rings. The summed E-state index contributed by atoms with van der Waals surface area (Å²) in [6.07, 6.45) is 3.75. The molecule has 2 aliphatic rings. The third kappa shape index (κ3) is 3.97. The highest BCUT2D eigenvalue weighted by atomic mass is 16.6. The molecule has 126 valence electrons. The third-order valence-electron chi connectivity index (χ3n) is 4.69. The van der Waals surface area contributed by atoms with Gasteiger partial charge in [0.1, 0.15) is 12.0 Å². The zero-order chi connectivity index (χ0) is 16.2. The van der Waals surface area contributed by atoms with Crippen molar-refractivity contribution in [3.63, 3.8) is 0 Å². The van der Waals surface area contributed by atoms with Gasteiger partial charge in [-0.05, 0) is 31.2 Å². The first-order valence-corrected chi connectivity index (χ1v) is 8.29. The summed E-state index contributed by atoms with van der Waals surface area (Å²) in [7, 11) is 0. The molecule has 0 saturated carbocycles. The highest BCUT2D eigenvalue weighted by Gasteiger charge is 2.25. The van der Waals surface area contributed by atoms with Crippen molar-refractivity contribution in [2.45, 2.75) is 19.8 Å². The fraction of sp³-hybridized carbons (Fsp3) is 0.688. The number of hydrogen-bond acceptors (Lipinski definition) is 6. The van der Waals surface area contributed by atoms with Gasteiger partial charge in [-0.15, -0.1) is 0 Å². The topological polar surface area (TPSA) is 71.7 Å². The van der Waals surface area contributed by atoms with Gasteiger partial charge in [-0.3, -0.25) is 15.0 Å². The van der Waals surface area contributed by atoms with Crippen LogP contribution < -0.4 is 4.90 Å². The Balaban J connectivity index is 1.64. The summed E-state index contributed by atoms with van der Waals surface area (Å²) in [6, 6.07) is 1.62. The molecule has 2 saturated heterocycles. The molecule has 7 nitrogen and oxygen atoms in total. The van der Waals surface area contributed by atoms with Crippen LogP contribution in [0.3, 0.4) is 0 Å². The second-order valence-corrected chi connectivity index (χ2v) is 6.46. The highest BCUT2D eigenvalue weighted by molar-refractivity contribution is 5.50. The summed E-state index contributed by atoms with van der Waals surface area (Å²) in [4.78, 5) is 19.6. The Hall–Kier alpha value is -1.73. The summed E-state index contributed by atoms with van der Waals surface area (Å²) in [5.41, 5.74) is 0.944. The molecule has 0 radical (unpaired) electrons. The van der Waals surface area contributed by atoms with Gasteiger partial charge in [-0.25, -0.2) is 4.98 Å². The Bertz CT molecular complexity index is 560. The van der Waals surface area contributed by atoms with E-state index >= 15 is 0 Å². The second kappa shape index (κ2) is 7.23. The Kier molecular flexibility index (Phi) is 5.07. The van der Waals surface area contributed by atoms with E-state index in [4.69, 9.17) is 4.74 Å². The van der Waals surface area contributed by atoms with Gasteiger partial charge in [-0.2, -0.15) is 0 Å². The average Bonchev–Trinajstić information content (AvgIpc) is 2.56. The van der Waals surface area contributed by atoms with Crippen molar-refractivity contribution in [3.8, 4) is 0 Å². The van der Waals surface area contributed by atoms with Gasteiger partial charge in [0.25, 0.3) is 5.69 Å². The summed E-state index contributed by atoms with van der Waals surface area (Å²) in [5.74, 6) is 1.51. The number of aryl methyl sites for hydroxylation is 1. The number of nitrogens with zero attached hydrogens (tertiary/aromatic N) is 4. The smallest absolute Gasteiger partial charge is 0.287 e. The molecule has 0 aromatic carbocycles. The number of hydrogen-bond donors (Lipinski definition) is 0. The molecule has 3 heterocycles. The molecule has 0 aliphatic carbocycles. The lowest BCUT2D eigenvalue weighted by Gasteiger charge is -2.37. The average molecular weight is 320 g/mol. The zero-order valence-corrected chi connectivity index (χ0v) is 13.6. The molecule has 1 aromatic heterocycles. The number of nitro groups is 1. The Morgan fingerprint density at radius 3 is 2.87 bits per heavy atom. The normalized spacial score (nSPS) is 23.0. The second-order valence-electron chi connectivity index (χ2n) is 6.46. The first-order valence-electron chi connectivity index (χ1n) is 8.29. The van der Waals surface area contributed by atoms with E-state index in [1.807, 2.05) is 6.92 Å². The van der Waals surface area contributed by atoms with Gasteiger partial charge < -0.3 is 9.64 Å². The van der Waals surface area contributed by atoms with Gasteiger partial charge >= 0.3 is 0 Å². The van der Waals surface area contributed by atoms with Crippen LogP contribution in [0.4, 0.5) is 11.5 Å². The standard InChI is InChI=1S/C16H24N4O3/c1-13-9-15(20(21)22)10-17-16(13)19-4-2-3-14(12-19)11-18-5-7-23-8-6-18/h9-10,14H,2-8,11-12H2,1H3. The quantitative estimate of drug-likeness (QED) is 0.623. The SMILES string of the molecule is Cc1cc([N+](=O)[O-])cnc1N1CCCC(CN2CCOCC2)C1. The van der Waals surface area contributed by atoms with Crippen LogP contribution in [0.5, 0.6) is 0 Å². The third-order valence-corrected chi connectivity index (χ3v) is 4.69. The van der Waals surface area contributed by atoms with Crippen molar-refractivity contribution < 1.29 is 9.66 Å². The van der Waals surface area contributed by atoms with E-state index in [9.17, 15) is 10.1 Å². The van der Waals surface area contributed by atoms with Crippen molar-refractivity contribution >= 4 is 11.5 Å². The molecule has 7 heteroatoms. The molecule has 0 spiro atoms. The highest BCUT2D eigenvalue weighted by Crippen LogP contribution is 2.27. The maximum atomic E-state index is 10.9. The molecule has 0 amide bonds. The monoisotopic (exact) mass is 320 g/mol. The molecule has 2 aliphatic heterocycles. The van der Waals surface area contributed by atoms with E-state index in [0.29, 0.717) is 5.92 Å². The van der Waals surface area contributed by atoms with Crippen LogP contribution in [0.25, 0.3) is 0 Å². The molecule has 2 fully saturated rings. The molecule has 1 atom stereocenters. The molecular formula is C16H24N4O3. The number of pyridine rings is 1. The first-order chi connectivity index (χ1) is 11.1. The Labute approximate surface area is 136 Å². The van der Waals surface area contributed by atoms with Crippen LogP contribution in [0.1, 0.15) is 18.4 Å². The lowest BCUT2D eigenvalue weighted by atomic mass is 9.97. The van der Waals surface area contributed by atoms with Crippen molar-refractivity contribution in [2.24, 2.45) is 5.92 Å². The van der Waals surface area contributed by atoms with E-state index in [-0.39, 0.29) is 10.6 Å². The summed E-state index contributed by atoms with van der Waals surface area (Å²) in [5, 5.41) is 10.9. The Morgan fingerprint density at radius 2 is 2.17 bits per heavy atom. The summed E-state index contributed by atoms with van der Waals surface area (Å²) >= 11 is 0. The van der Waals surface area contributed by atoms with Gasteiger partial charge in [0.15, 0.2) is 0 Å². The predicted octanol–water partition coefficient (Wildman–Crippen LogP) is 1.85. The lowest BCUT2D eigenvalue weighted by molar-refractivity contribution is -0.385. The van der Waals surface area contributed by atoms with Crippen molar-refractivity contribution in [3.05, 3.63) is 27.9 Å². The van der Waals surface area contributed by atoms with Crippen molar-refractivity contribution in [1.29, 1.82) is 0 Å². The number of morpholine rings is 1.